The van der Waals surface area contributed by atoms with E-state index in [1.54, 1.807) is 31.2 Å². The van der Waals surface area contributed by atoms with Crippen molar-refractivity contribution in [2.24, 2.45) is 5.92 Å². The third kappa shape index (κ3) is 3.28. The van der Waals surface area contributed by atoms with Gasteiger partial charge in [0.15, 0.2) is 11.6 Å². The maximum Gasteiger partial charge on any atom is 0.249 e. The van der Waals surface area contributed by atoms with Crippen molar-refractivity contribution in [3.63, 3.8) is 0 Å². The second kappa shape index (κ2) is 7.32. The summed E-state index contributed by atoms with van der Waals surface area (Å²) in [6, 6.07) is 6.66. The van der Waals surface area contributed by atoms with Gasteiger partial charge in [-0.1, -0.05) is 16.8 Å². The van der Waals surface area contributed by atoms with Crippen molar-refractivity contribution in [1.29, 1.82) is 0 Å². The van der Waals surface area contributed by atoms with Gasteiger partial charge in [0.1, 0.15) is 6.04 Å². The maximum atomic E-state index is 14.4. The molecule has 2 aromatic heterocycles. The lowest BCUT2D eigenvalue weighted by atomic mass is 10.1. The quantitative estimate of drug-likeness (QED) is 0.655. The minimum Gasteiger partial charge on any atom is -0.343 e. The van der Waals surface area contributed by atoms with Crippen molar-refractivity contribution in [3.05, 3.63) is 47.2 Å². The first-order valence-corrected chi connectivity index (χ1v) is 10.1. The van der Waals surface area contributed by atoms with Gasteiger partial charge in [-0.15, -0.1) is 0 Å². The number of fused-ring (bicyclic) bond motifs is 2. The second-order valence-corrected chi connectivity index (χ2v) is 8.00. The second-order valence-electron chi connectivity index (χ2n) is 7.57. The van der Waals surface area contributed by atoms with E-state index >= 15 is 0 Å². The zero-order valence-electron chi connectivity index (χ0n) is 16.0. The molecule has 30 heavy (non-hydrogen) atoms. The van der Waals surface area contributed by atoms with Crippen LogP contribution in [0.25, 0.3) is 11.4 Å². The number of halogens is 2. The summed E-state index contributed by atoms with van der Waals surface area (Å²) in [6.07, 6.45) is 3.57. The molecule has 154 valence electrons. The Bertz CT molecular complexity index is 1100. The standard InChI is InChI=1S/C20H18ClFN6O2/c1-10(18-25-16(27-30-18)11-2-5-13(21)6-3-11)24-20-23-9-15(22)17(26-20)28-14-7-4-12(8-14)19(28)29/h2-3,5-6,9-10,12,14H,4,7-8H2,1H3,(H,23,24,26)/t10-,12-,14+/m1/s1. The van der Waals surface area contributed by atoms with Crippen molar-refractivity contribution < 1.29 is 13.7 Å². The fourth-order valence-electron chi connectivity index (χ4n) is 4.05. The number of nitrogens with one attached hydrogen (secondary N) is 1. The molecule has 3 heterocycles. The molecular formula is C20H18ClFN6O2. The molecule has 0 spiro atoms. The van der Waals surface area contributed by atoms with Gasteiger partial charge in [-0.2, -0.15) is 9.97 Å². The first-order chi connectivity index (χ1) is 14.5. The molecule has 1 aliphatic carbocycles. The Balaban J connectivity index is 1.35. The lowest BCUT2D eigenvalue weighted by molar-refractivity contribution is -0.121. The Morgan fingerprint density at radius 3 is 2.80 bits per heavy atom. The molecule has 1 saturated carbocycles. The number of carbonyl (C=O) groups excluding carboxylic acids is 1. The molecule has 0 radical (unpaired) electrons. The molecular weight excluding hydrogens is 411 g/mol. The summed E-state index contributed by atoms with van der Waals surface area (Å²) in [5.41, 5.74) is 0.768. The van der Waals surface area contributed by atoms with Gasteiger partial charge < -0.3 is 9.84 Å². The van der Waals surface area contributed by atoms with Crippen LogP contribution in [0.4, 0.5) is 16.2 Å². The van der Waals surface area contributed by atoms with Gasteiger partial charge in [0.25, 0.3) is 0 Å². The summed E-state index contributed by atoms with van der Waals surface area (Å²) in [5.74, 6) is 0.249. The van der Waals surface area contributed by atoms with Crippen LogP contribution in [0.2, 0.25) is 5.02 Å². The Labute approximate surface area is 176 Å². The number of aromatic nitrogens is 4. The summed E-state index contributed by atoms with van der Waals surface area (Å²) in [5, 5.41) is 7.64. The van der Waals surface area contributed by atoms with E-state index in [1.165, 1.54) is 4.90 Å². The van der Waals surface area contributed by atoms with Crippen LogP contribution in [0.5, 0.6) is 0 Å². The number of piperidine rings is 1. The summed E-state index contributed by atoms with van der Waals surface area (Å²) >= 11 is 5.91. The van der Waals surface area contributed by atoms with Crippen LogP contribution in [0, 0.1) is 11.7 Å². The number of benzene rings is 1. The average molecular weight is 429 g/mol. The van der Waals surface area contributed by atoms with Crippen LogP contribution >= 0.6 is 11.6 Å². The smallest absolute Gasteiger partial charge is 0.249 e. The fraction of sp³-hybridized carbons (Fsp3) is 0.350. The van der Waals surface area contributed by atoms with Gasteiger partial charge in [0.05, 0.1) is 6.20 Å². The summed E-state index contributed by atoms with van der Waals surface area (Å²) in [7, 11) is 0. The SMILES string of the molecule is C[C@@H](Nc1ncc(F)c(N2C(=O)[C@@H]3CC[C@H]2C3)n1)c1nc(-c2ccc(Cl)cc2)no1. The van der Waals surface area contributed by atoms with Crippen LogP contribution < -0.4 is 10.2 Å². The molecule has 1 amide bonds. The number of anilines is 2. The highest BCUT2D eigenvalue weighted by Crippen LogP contribution is 2.41. The van der Waals surface area contributed by atoms with E-state index in [-0.39, 0.29) is 29.6 Å². The van der Waals surface area contributed by atoms with Crippen LogP contribution in [0.15, 0.2) is 35.0 Å². The zero-order valence-corrected chi connectivity index (χ0v) is 16.8. The highest BCUT2D eigenvalue weighted by atomic mass is 35.5. The Kier molecular flexibility index (Phi) is 4.62. The van der Waals surface area contributed by atoms with E-state index in [1.807, 2.05) is 0 Å². The van der Waals surface area contributed by atoms with Crippen molar-refractivity contribution in [2.45, 2.75) is 38.3 Å². The van der Waals surface area contributed by atoms with Crippen LogP contribution in [0.3, 0.4) is 0 Å². The number of amides is 1. The Hall–Kier alpha value is -3.07. The molecule has 1 saturated heterocycles. The monoisotopic (exact) mass is 428 g/mol. The maximum absolute atomic E-state index is 14.4. The molecule has 2 bridgehead atoms. The largest absolute Gasteiger partial charge is 0.343 e. The average Bonchev–Trinajstić information content (AvgIpc) is 3.46. The van der Waals surface area contributed by atoms with Crippen LogP contribution in [-0.2, 0) is 4.79 Å². The number of nitrogens with zero attached hydrogens (tertiary/aromatic N) is 5. The van der Waals surface area contributed by atoms with E-state index in [4.69, 9.17) is 16.1 Å². The van der Waals surface area contributed by atoms with E-state index in [0.29, 0.717) is 16.7 Å². The van der Waals surface area contributed by atoms with E-state index < -0.39 is 11.9 Å². The lowest BCUT2D eigenvalue weighted by Crippen LogP contribution is -2.38. The lowest BCUT2D eigenvalue weighted by Gasteiger charge is -2.26. The van der Waals surface area contributed by atoms with Gasteiger partial charge in [-0.3, -0.25) is 9.69 Å². The number of hydrogen-bond donors (Lipinski definition) is 1. The zero-order chi connectivity index (χ0) is 20.8. The molecule has 1 aromatic carbocycles. The predicted octanol–water partition coefficient (Wildman–Crippen LogP) is 4.01. The Morgan fingerprint density at radius 1 is 1.27 bits per heavy atom. The van der Waals surface area contributed by atoms with E-state index in [9.17, 15) is 9.18 Å². The fourth-order valence-corrected chi connectivity index (χ4v) is 4.18. The predicted molar refractivity (Wildman–Crippen MR) is 107 cm³/mol. The molecule has 10 heteroatoms. The topological polar surface area (TPSA) is 97.0 Å². The minimum atomic E-state index is -0.614. The molecule has 2 fully saturated rings. The van der Waals surface area contributed by atoms with Crippen molar-refractivity contribution in [1.82, 2.24) is 20.1 Å². The van der Waals surface area contributed by atoms with Gasteiger partial charge in [0, 0.05) is 22.5 Å². The first kappa shape index (κ1) is 18.9. The highest BCUT2D eigenvalue weighted by molar-refractivity contribution is 6.30. The summed E-state index contributed by atoms with van der Waals surface area (Å²) in [6.45, 7) is 1.80. The van der Waals surface area contributed by atoms with Gasteiger partial charge in [-0.25, -0.2) is 9.37 Å². The molecule has 3 atom stereocenters. The summed E-state index contributed by atoms with van der Waals surface area (Å²) < 4.78 is 19.7. The van der Waals surface area contributed by atoms with Crippen LogP contribution in [0.1, 0.15) is 38.1 Å². The van der Waals surface area contributed by atoms with Gasteiger partial charge in [0.2, 0.25) is 23.6 Å². The van der Waals surface area contributed by atoms with Crippen molar-refractivity contribution >= 4 is 29.3 Å². The normalized spacial score (nSPS) is 21.3. The first-order valence-electron chi connectivity index (χ1n) is 9.71. The van der Waals surface area contributed by atoms with Gasteiger partial charge >= 0.3 is 0 Å². The molecule has 3 aromatic rings. The number of carbonyl (C=O) groups is 1. The third-order valence-corrected chi connectivity index (χ3v) is 5.82. The van der Waals surface area contributed by atoms with Crippen molar-refractivity contribution in [2.75, 3.05) is 10.2 Å². The molecule has 0 unspecified atom stereocenters. The molecule has 5 rings (SSSR count). The van der Waals surface area contributed by atoms with Crippen molar-refractivity contribution in [3.8, 4) is 11.4 Å². The third-order valence-electron chi connectivity index (χ3n) is 5.57. The Morgan fingerprint density at radius 2 is 2.07 bits per heavy atom. The summed E-state index contributed by atoms with van der Waals surface area (Å²) in [4.78, 5) is 26.6. The van der Waals surface area contributed by atoms with E-state index in [0.717, 1.165) is 31.0 Å². The number of rotatable bonds is 5. The molecule has 2 aliphatic rings. The minimum absolute atomic E-state index is 0.00930. The molecule has 1 N–H and O–H groups in total. The van der Waals surface area contributed by atoms with Crippen LogP contribution in [-0.4, -0.2) is 32.1 Å². The molecule has 8 nitrogen and oxygen atoms in total. The number of hydrogen-bond acceptors (Lipinski definition) is 7. The van der Waals surface area contributed by atoms with Gasteiger partial charge in [-0.05, 0) is 50.5 Å². The van der Waals surface area contributed by atoms with E-state index in [2.05, 4.69) is 25.4 Å². The highest BCUT2D eigenvalue weighted by Gasteiger charge is 2.46. The molecule has 1 aliphatic heterocycles.